The molecule has 0 aromatic heterocycles. The van der Waals surface area contributed by atoms with Crippen molar-refractivity contribution in [3.8, 4) is 0 Å². The number of nitrogens with one attached hydrogen (secondary N) is 2. The van der Waals surface area contributed by atoms with Gasteiger partial charge >= 0.3 is 0 Å². The Labute approximate surface area is 97.4 Å². The lowest BCUT2D eigenvalue weighted by atomic mass is 10.0. The molecule has 0 unspecified atom stereocenters. The van der Waals surface area contributed by atoms with Crippen molar-refractivity contribution in [3.63, 3.8) is 0 Å². The molecular formula is C13H22N2O. The molecular weight excluding hydrogens is 200 g/mol. The summed E-state index contributed by atoms with van der Waals surface area (Å²) in [5, 5.41) is 6.34. The minimum atomic E-state index is 0.188. The molecule has 90 valence electrons. The molecule has 3 heteroatoms. The van der Waals surface area contributed by atoms with Crippen LogP contribution in [0.4, 0.5) is 0 Å². The molecule has 3 aliphatic rings. The molecule has 0 aliphatic heterocycles. The molecule has 0 aromatic carbocycles. The third kappa shape index (κ3) is 2.57. The zero-order valence-electron chi connectivity index (χ0n) is 9.93. The highest BCUT2D eigenvalue weighted by molar-refractivity contribution is 5.78. The molecule has 0 spiro atoms. The van der Waals surface area contributed by atoms with Crippen LogP contribution >= 0.6 is 0 Å². The van der Waals surface area contributed by atoms with E-state index >= 15 is 0 Å². The van der Waals surface area contributed by atoms with Gasteiger partial charge in [-0.15, -0.1) is 0 Å². The highest BCUT2D eigenvalue weighted by atomic mass is 16.1. The van der Waals surface area contributed by atoms with Crippen LogP contribution in [0.3, 0.4) is 0 Å². The second-order valence-electron chi connectivity index (χ2n) is 5.99. The summed E-state index contributed by atoms with van der Waals surface area (Å²) in [5.74, 6) is 1.98. The molecule has 0 atom stereocenters. The van der Waals surface area contributed by atoms with Crippen molar-refractivity contribution in [2.24, 2.45) is 17.3 Å². The Bertz CT molecular complexity index is 278. The van der Waals surface area contributed by atoms with Crippen molar-refractivity contribution in [1.29, 1.82) is 0 Å². The van der Waals surface area contributed by atoms with Gasteiger partial charge in [0.25, 0.3) is 0 Å². The fourth-order valence-corrected chi connectivity index (χ4v) is 2.63. The summed E-state index contributed by atoms with van der Waals surface area (Å²) in [6.45, 7) is 2.47. The molecule has 3 nitrogen and oxygen atoms in total. The SMILES string of the molecule is O=C(CNCC1CC1)NCC1(C2CC2)CC1. The van der Waals surface area contributed by atoms with Gasteiger partial charge in [0.15, 0.2) is 0 Å². The molecule has 1 amide bonds. The van der Waals surface area contributed by atoms with E-state index in [-0.39, 0.29) is 5.91 Å². The molecule has 16 heavy (non-hydrogen) atoms. The van der Waals surface area contributed by atoms with E-state index in [4.69, 9.17) is 0 Å². The maximum Gasteiger partial charge on any atom is 0.233 e. The van der Waals surface area contributed by atoms with Gasteiger partial charge in [0.2, 0.25) is 5.91 Å². The van der Waals surface area contributed by atoms with Gasteiger partial charge in [0.05, 0.1) is 6.54 Å². The van der Waals surface area contributed by atoms with Gasteiger partial charge in [-0.3, -0.25) is 4.79 Å². The highest BCUT2D eigenvalue weighted by Crippen LogP contribution is 2.60. The summed E-state index contributed by atoms with van der Waals surface area (Å²) in [7, 11) is 0. The molecule has 0 aromatic rings. The number of carbonyl (C=O) groups is 1. The number of hydrogen-bond donors (Lipinski definition) is 2. The maximum absolute atomic E-state index is 11.6. The van der Waals surface area contributed by atoms with Gasteiger partial charge in [-0.1, -0.05) is 0 Å². The Morgan fingerprint density at radius 3 is 2.50 bits per heavy atom. The molecule has 0 heterocycles. The fraction of sp³-hybridized carbons (Fsp3) is 0.923. The van der Waals surface area contributed by atoms with E-state index in [0.717, 1.165) is 24.9 Å². The Hall–Kier alpha value is -0.570. The van der Waals surface area contributed by atoms with Gasteiger partial charge in [0.1, 0.15) is 0 Å². The number of hydrogen-bond acceptors (Lipinski definition) is 2. The maximum atomic E-state index is 11.6. The van der Waals surface area contributed by atoms with Gasteiger partial charge in [-0.25, -0.2) is 0 Å². The Kier molecular flexibility index (Phi) is 2.66. The second-order valence-corrected chi connectivity index (χ2v) is 5.99. The van der Waals surface area contributed by atoms with Gasteiger partial charge in [0, 0.05) is 6.54 Å². The molecule has 3 fully saturated rings. The van der Waals surface area contributed by atoms with E-state index in [1.54, 1.807) is 0 Å². The Morgan fingerprint density at radius 1 is 1.19 bits per heavy atom. The number of amides is 1. The predicted octanol–water partition coefficient (Wildman–Crippen LogP) is 1.29. The monoisotopic (exact) mass is 222 g/mol. The zero-order valence-corrected chi connectivity index (χ0v) is 9.93. The second kappa shape index (κ2) is 4.02. The summed E-state index contributed by atoms with van der Waals surface area (Å²) < 4.78 is 0. The quantitative estimate of drug-likeness (QED) is 0.681. The lowest BCUT2D eigenvalue weighted by Crippen LogP contribution is -2.38. The molecule has 3 rings (SSSR count). The summed E-state index contributed by atoms with van der Waals surface area (Å²) in [6.07, 6.45) is 8.17. The van der Waals surface area contributed by atoms with Gasteiger partial charge in [-0.2, -0.15) is 0 Å². The molecule has 0 saturated heterocycles. The lowest BCUT2D eigenvalue weighted by molar-refractivity contribution is -0.120. The number of rotatable bonds is 7. The first-order chi connectivity index (χ1) is 7.78. The lowest BCUT2D eigenvalue weighted by Gasteiger charge is -2.15. The van der Waals surface area contributed by atoms with Crippen molar-refractivity contribution in [1.82, 2.24) is 10.6 Å². The zero-order chi connectivity index (χ0) is 11.0. The summed E-state index contributed by atoms with van der Waals surface area (Å²) >= 11 is 0. The van der Waals surface area contributed by atoms with Crippen LogP contribution in [0.25, 0.3) is 0 Å². The minimum absolute atomic E-state index is 0.188. The van der Waals surface area contributed by atoms with Crippen LogP contribution in [0.5, 0.6) is 0 Å². The molecule has 0 radical (unpaired) electrons. The largest absolute Gasteiger partial charge is 0.354 e. The average Bonchev–Trinajstić information content (AvgIpc) is 3.14. The van der Waals surface area contributed by atoms with Crippen molar-refractivity contribution in [2.45, 2.75) is 38.5 Å². The topological polar surface area (TPSA) is 41.1 Å². The molecule has 3 saturated carbocycles. The number of carbonyl (C=O) groups excluding carboxylic acids is 1. The first kappa shape index (κ1) is 10.6. The van der Waals surface area contributed by atoms with Crippen LogP contribution < -0.4 is 10.6 Å². The molecule has 2 N–H and O–H groups in total. The van der Waals surface area contributed by atoms with Crippen LogP contribution in [-0.4, -0.2) is 25.5 Å². The van der Waals surface area contributed by atoms with E-state index in [9.17, 15) is 4.79 Å². The standard InChI is InChI=1S/C13H22N2O/c16-12(8-14-7-10-1-2-10)15-9-13(5-6-13)11-3-4-11/h10-11,14H,1-9H2,(H,15,16). The van der Waals surface area contributed by atoms with Crippen LogP contribution in [-0.2, 0) is 4.79 Å². The van der Waals surface area contributed by atoms with E-state index in [1.807, 2.05) is 0 Å². The van der Waals surface area contributed by atoms with E-state index in [2.05, 4.69) is 10.6 Å². The molecule has 3 aliphatic carbocycles. The van der Waals surface area contributed by atoms with Crippen LogP contribution in [0.15, 0.2) is 0 Å². The first-order valence-electron chi connectivity index (χ1n) is 6.76. The normalized spacial score (nSPS) is 26.5. The Balaban J connectivity index is 1.30. The minimum Gasteiger partial charge on any atom is -0.354 e. The summed E-state index contributed by atoms with van der Waals surface area (Å²) in [6, 6.07) is 0. The highest BCUT2D eigenvalue weighted by Gasteiger charge is 2.53. The van der Waals surface area contributed by atoms with Crippen molar-refractivity contribution < 1.29 is 4.79 Å². The molecule has 0 bridgehead atoms. The third-order valence-corrected chi connectivity index (χ3v) is 4.39. The smallest absolute Gasteiger partial charge is 0.233 e. The fourth-order valence-electron chi connectivity index (χ4n) is 2.63. The van der Waals surface area contributed by atoms with Crippen LogP contribution in [0.1, 0.15) is 38.5 Å². The van der Waals surface area contributed by atoms with Crippen molar-refractivity contribution in [3.05, 3.63) is 0 Å². The van der Waals surface area contributed by atoms with Gasteiger partial charge < -0.3 is 10.6 Å². The van der Waals surface area contributed by atoms with Gasteiger partial charge in [-0.05, 0) is 62.3 Å². The van der Waals surface area contributed by atoms with Crippen LogP contribution in [0.2, 0.25) is 0 Å². The summed E-state index contributed by atoms with van der Waals surface area (Å²) in [4.78, 5) is 11.6. The van der Waals surface area contributed by atoms with Crippen molar-refractivity contribution >= 4 is 5.91 Å². The van der Waals surface area contributed by atoms with Crippen molar-refractivity contribution in [2.75, 3.05) is 19.6 Å². The average molecular weight is 222 g/mol. The Morgan fingerprint density at radius 2 is 1.94 bits per heavy atom. The summed E-state index contributed by atoms with van der Waals surface area (Å²) in [5.41, 5.74) is 0.534. The third-order valence-electron chi connectivity index (χ3n) is 4.39. The first-order valence-corrected chi connectivity index (χ1v) is 6.76. The van der Waals surface area contributed by atoms with E-state index in [0.29, 0.717) is 12.0 Å². The van der Waals surface area contributed by atoms with E-state index < -0.39 is 0 Å². The van der Waals surface area contributed by atoms with Crippen LogP contribution in [0, 0.1) is 17.3 Å². The predicted molar refractivity (Wildman–Crippen MR) is 63.0 cm³/mol. The van der Waals surface area contributed by atoms with E-state index in [1.165, 1.54) is 38.5 Å².